The van der Waals surface area contributed by atoms with E-state index in [1.54, 1.807) is 30.5 Å². The third-order valence-corrected chi connectivity index (χ3v) is 3.34. The molecule has 1 N–H and O–H groups in total. The fourth-order valence-electron chi connectivity index (χ4n) is 1.48. The molecule has 0 bridgehead atoms. The number of ether oxygens (including phenoxy) is 1. The van der Waals surface area contributed by atoms with Crippen LogP contribution in [0.25, 0.3) is 0 Å². The molecule has 5 nitrogen and oxygen atoms in total. The molecule has 0 radical (unpaired) electrons. The summed E-state index contributed by atoms with van der Waals surface area (Å²) in [5, 5.41) is 4.50. The van der Waals surface area contributed by atoms with Crippen LogP contribution in [-0.2, 0) is 16.1 Å². The van der Waals surface area contributed by atoms with Crippen molar-refractivity contribution in [3.05, 3.63) is 52.5 Å². The minimum atomic E-state index is -0.359. The van der Waals surface area contributed by atoms with E-state index in [1.165, 1.54) is 11.3 Å². The van der Waals surface area contributed by atoms with Crippen molar-refractivity contribution in [2.24, 2.45) is 0 Å². The zero-order valence-corrected chi connectivity index (χ0v) is 11.6. The highest BCUT2D eigenvalue weighted by molar-refractivity contribution is 7.12. The molecule has 2 aromatic rings. The lowest BCUT2D eigenvalue weighted by Gasteiger charge is -2.05. The van der Waals surface area contributed by atoms with Crippen LogP contribution in [0.4, 0.5) is 0 Å². The van der Waals surface area contributed by atoms with Gasteiger partial charge in [-0.25, -0.2) is 0 Å². The van der Waals surface area contributed by atoms with Crippen LogP contribution in [0.2, 0.25) is 0 Å². The monoisotopic (exact) mass is 290 g/mol. The Hall–Kier alpha value is -2.21. The largest absolute Gasteiger partial charge is 0.459 e. The number of esters is 1. The van der Waals surface area contributed by atoms with Crippen LogP contribution >= 0.6 is 11.3 Å². The summed E-state index contributed by atoms with van der Waals surface area (Å²) < 4.78 is 5.05. The Labute approximate surface area is 120 Å². The van der Waals surface area contributed by atoms with Gasteiger partial charge in [-0.15, -0.1) is 11.3 Å². The van der Waals surface area contributed by atoms with Gasteiger partial charge in [-0.3, -0.25) is 14.6 Å². The zero-order chi connectivity index (χ0) is 14.2. The molecule has 0 unspecified atom stereocenters. The van der Waals surface area contributed by atoms with Gasteiger partial charge in [-0.2, -0.15) is 0 Å². The first kappa shape index (κ1) is 14.2. The van der Waals surface area contributed by atoms with Gasteiger partial charge in [0, 0.05) is 12.7 Å². The molecule has 0 aliphatic rings. The second-order valence-electron chi connectivity index (χ2n) is 3.96. The van der Waals surface area contributed by atoms with Gasteiger partial charge in [-0.05, 0) is 23.6 Å². The van der Waals surface area contributed by atoms with E-state index < -0.39 is 0 Å². The molecular formula is C14H14N2O3S. The van der Waals surface area contributed by atoms with E-state index in [4.69, 9.17) is 4.74 Å². The lowest BCUT2D eigenvalue weighted by Crippen LogP contribution is -2.25. The van der Waals surface area contributed by atoms with Gasteiger partial charge in [0.1, 0.15) is 6.61 Å². The summed E-state index contributed by atoms with van der Waals surface area (Å²) in [4.78, 5) is 27.8. The molecule has 0 atom stereocenters. The Balaban J connectivity index is 1.64. The number of thiophene rings is 1. The summed E-state index contributed by atoms with van der Waals surface area (Å²) >= 11 is 1.36. The third kappa shape index (κ3) is 4.47. The predicted octanol–water partition coefficient (Wildman–Crippen LogP) is 2.01. The number of pyridine rings is 1. The van der Waals surface area contributed by atoms with Gasteiger partial charge >= 0.3 is 5.97 Å². The Morgan fingerprint density at radius 2 is 2.15 bits per heavy atom. The van der Waals surface area contributed by atoms with Gasteiger partial charge in [0.2, 0.25) is 0 Å². The molecule has 1 amide bonds. The lowest BCUT2D eigenvalue weighted by atomic mass is 10.3. The van der Waals surface area contributed by atoms with Crippen molar-refractivity contribution < 1.29 is 14.3 Å². The molecule has 0 aromatic carbocycles. The van der Waals surface area contributed by atoms with Crippen molar-refractivity contribution in [3.63, 3.8) is 0 Å². The summed E-state index contributed by atoms with van der Waals surface area (Å²) in [5.41, 5.74) is 0.698. The molecule has 2 aromatic heterocycles. The van der Waals surface area contributed by atoms with Crippen LogP contribution in [0.1, 0.15) is 21.8 Å². The summed E-state index contributed by atoms with van der Waals surface area (Å²) in [5.74, 6) is -0.528. The number of carbonyl (C=O) groups is 2. The molecule has 0 saturated heterocycles. The maximum absolute atomic E-state index is 11.6. The summed E-state index contributed by atoms with van der Waals surface area (Å²) in [7, 11) is 0. The average Bonchev–Trinajstić information content (AvgIpc) is 3.00. The highest BCUT2D eigenvalue weighted by Crippen LogP contribution is 2.07. The average molecular weight is 290 g/mol. The van der Waals surface area contributed by atoms with E-state index in [0.717, 1.165) is 0 Å². The minimum absolute atomic E-state index is 0.143. The Kier molecular flexibility index (Phi) is 5.25. The second-order valence-corrected chi connectivity index (χ2v) is 4.91. The third-order valence-electron chi connectivity index (χ3n) is 2.47. The first-order valence-electron chi connectivity index (χ1n) is 6.13. The molecule has 0 saturated carbocycles. The predicted molar refractivity (Wildman–Crippen MR) is 75.3 cm³/mol. The highest BCUT2D eigenvalue weighted by atomic mass is 32.1. The van der Waals surface area contributed by atoms with Gasteiger partial charge < -0.3 is 10.1 Å². The maximum Gasteiger partial charge on any atom is 0.307 e. The van der Waals surface area contributed by atoms with E-state index in [-0.39, 0.29) is 31.4 Å². The minimum Gasteiger partial charge on any atom is -0.459 e. The van der Waals surface area contributed by atoms with Crippen molar-refractivity contribution in [3.8, 4) is 0 Å². The van der Waals surface area contributed by atoms with Gasteiger partial charge in [-0.1, -0.05) is 12.1 Å². The van der Waals surface area contributed by atoms with Gasteiger partial charge in [0.25, 0.3) is 5.91 Å². The molecule has 20 heavy (non-hydrogen) atoms. The maximum atomic E-state index is 11.6. The van der Waals surface area contributed by atoms with Crippen LogP contribution < -0.4 is 5.32 Å². The highest BCUT2D eigenvalue weighted by Gasteiger charge is 2.08. The normalized spacial score (nSPS) is 10.0. The van der Waals surface area contributed by atoms with Crippen LogP contribution in [-0.4, -0.2) is 23.4 Å². The summed E-state index contributed by atoms with van der Waals surface area (Å²) in [6.45, 7) is 0.413. The first-order chi connectivity index (χ1) is 9.75. The fourth-order valence-corrected chi connectivity index (χ4v) is 2.12. The molecule has 2 heterocycles. The van der Waals surface area contributed by atoms with E-state index in [2.05, 4.69) is 10.3 Å². The van der Waals surface area contributed by atoms with E-state index >= 15 is 0 Å². The van der Waals surface area contributed by atoms with Crippen molar-refractivity contribution in [1.82, 2.24) is 10.3 Å². The molecule has 0 fully saturated rings. The Morgan fingerprint density at radius 1 is 1.25 bits per heavy atom. The number of nitrogens with zero attached hydrogens (tertiary/aromatic N) is 1. The van der Waals surface area contributed by atoms with Crippen LogP contribution in [0.5, 0.6) is 0 Å². The number of amides is 1. The van der Waals surface area contributed by atoms with E-state index in [0.29, 0.717) is 10.6 Å². The number of carbonyl (C=O) groups excluding carboxylic acids is 2. The summed E-state index contributed by atoms with van der Waals surface area (Å²) in [6.07, 6.45) is 1.79. The van der Waals surface area contributed by atoms with Crippen LogP contribution in [0.3, 0.4) is 0 Å². The smallest absolute Gasteiger partial charge is 0.307 e. The number of rotatable bonds is 6. The quantitative estimate of drug-likeness (QED) is 0.826. The van der Waals surface area contributed by atoms with Crippen molar-refractivity contribution in [2.75, 3.05) is 6.54 Å². The lowest BCUT2D eigenvalue weighted by molar-refractivity contribution is -0.144. The standard InChI is InChI=1S/C14H14N2O3S/c17-13(19-10-11-4-1-2-7-15-11)6-8-16-14(18)12-5-3-9-20-12/h1-5,7,9H,6,8,10H2,(H,16,18). The van der Waals surface area contributed by atoms with Crippen molar-refractivity contribution in [1.29, 1.82) is 0 Å². The van der Waals surface area contributed by atoms with E-state index in [9.17, 15) is 9.59 Å². The molecule has 2 rings (SSSR count). The van der Waals surface area contributed by atoms with Gasteiger partial charge in [0.15, 0.2) is 0 Å². The molecule has 0 spiro atoms. The van der Waals surface area contributed by atoms with Crippen molar-refractivity contribution >= 4 is 23.2 Å². The molecule has 104 valence electrons. The fraction of sp³-hybridized carbons (Fsp3) is 0.214. The SMILES string of the molecule is O=C(CCNC(=O)c1cccs1)OCc1ccccn1. The Bertz CT molecular complexity index is 555. The first-order valence-corrected chi connectivity index (χ1v) is 7.01. The number of aromatic nitrogens is 1. The van der Waals surface area contributed by atoms with E-state index in [1.807, 2.05) is 11.4 Å². The van der Waals surface area contributed by atoms with Gasteiger partial charge in [0.05, 0.1) is 17.0 Å². The molecule has 6 heteroatoms. The number of hydrogen-bond donors (Lipinski definition) is 1. The molecule has 0 aliphatic heterocycles. The van der Waals surface area contributed by atoms with Crippen LogP contribution in [0.15, 0.2) is 41.9 Å². The number of hydrogen-bond acceptors (Lipinski definition) is 5. The molecule has 0 aliphatic carbocycles. The van der Waals surface area contributed by atoms with Crippen molar-refractivity contribution in [2.45, 2.75) is 13.0 Å². The number of nitrogens with one attached hydrogen (secondary N) is 1. The zero-order valence-electron chi connectivity index (χ0n) is 10.7. The molecular weight excluding hydrogens is 276 g/mol. The second kappa shape index (κ2) is 7.40. The topological polar surface area (TPSA) is 68.3 Å². The van der Waals surface area contributed by atoms with Crippen LogP contribution in [0, 0.1) is 0 Å². The Morgan fingerprint density at radius 3 is 2.85 bits per heavy atom. The summed E-state index contributed by atoms with van der Waals surface area (Å²) in [6, 6.07) is 8.95.